The van der Waals surface area contributed by atoms with Gasteiger partial charge in [0.15, 0.2) is 5.65 Å². The topological polar surface area (TPSA) is 57.9 Å². The van der Waals surface area contributed by atoms with E-state index in [0.717, 1.165) is 23.7 Å². The van der Waals surface area contributed by atoms with Crippen LogP contribution in [-0.4, -0.2) is 58.8 Å². The number of carbonyl (C=O) groups is 1. The lowest BCUT2D eigenvalue weighted by atomic mass is 10.1. The van der Waals surface area contributed by atoms with Gasteiger partial charge in [0.2, 0.25) is 0 Å². The summed E-state index contributed by atoms with van der Waals surface area (Å²) in [5.41, 5.74) is 1.30. The minimum atomic E-state index is -0.161. The highest BCUT2D eigenvalue weighted by Crippen LogP contribution is 2.21. The molecule has 0 aliphatic heterocycles. The zero-order valence-corrected chi connectivity index (χ0v) is 17.6. The van der Waals surface area contributed by atoms with Crippen LogP contribution in [0.4, 0.5) is 0 Å². The summed E-state index contributed by atoms with van der Waals surface area (Å²) < 4.78 is 1.48. The Bertz CT molecular complexity index is 1290. The Hall–Kier alpha value is -3.25. The molecule has 2 aromatic carbocycles. The van der Waals surface area contributed by atoms with E-state index < -0.39 is 0 Å². The van der Waals surface area contributed by atoms with Gasteiger partial charge in [-0.2, -0.15) is 0 Å². The highest BCUT2D eigenvalue weighted by molar-refractivity contribution is 6.02. The van der Waals surface area contributed by atoms with E-state index >= 15 is 0 Å². The van der Waals surface area contributed by atoms with Gasteiger partial charge < -0.3 is 9.80 Å². The van der Waals surface area contributed by atoms with E-state index in [4.69, 9.17) is 4.98 Å². The number of hydrogen-bond acceptors (Lipinski definition) is 4. The van der Waals surface area contributed by atoms with Gasteiger partial charge in [0.25, 0.3) is 11.5 Å². The third-order valence-electron chi connectivity index (χ3n) is 5.44. The van der Waals surface area contributed by atoms with Gasteiger partial charge >= 0.3 is 0 Å². The summed E-state index contributed by atoms with van der Waals surface area (Å²) in [6.07, 6.45) is 2.57. The largest absolute Gasteiger partial charge is 0.339 e. The van der Waals surface area contributed by atoms with E-state index in [1.165, 1.54) is 4.40 Å². The number of benzene rings is 2. The molecule has 0 aliphatic rings. The SMILES string of the molecule is CCN(CCCN(C)C)C(=O)c1cccn2c(=O)c3cc4ccccc4cc3nc12. The molecule has 2 aromatic heterocycles. The number of rotatable bonds is 6. The number of carbonyl (C=O) groups excluding carboxylic acids is 1. The molecular formula is C24H26N4O2. The average Bonchev–Trinajstić information content (AvgIpc) is 2.75. The second-order valence-electron chi connectivity index (χ2n) is 7.79. The lowest BCUT2D eigenvalue weighted by Gasteiger charge is -2.22. The van der Waals surface area contributed by atoms with Crippen LogP contribution in [0.25, 0.3) is 27.3 Å². The summed E-state index contributed by atoms with van der Waals surface area (Å²) >= 11 is 0. The van der Waals surface area contributed by atoms with Crippen molar-refractivity contribution in [2.24, 2.45) is 0 Å². The lowest BCUT2D eigenvalue weighted by molar-refractivity contribution is 0.0760. The number of pyridine rings is 1. The van der Waals surface area contributed by atoms with Gasteiger partial charge in [-0.25, -0.2) is 4.98 Å². The number of hydrogen-bond donors (Lipinski definition) is 0. The van der Waals surface area contributed by atoms with Gasteiger partial charge in [-0.3, -0.25) is 14.0 Å². The van der Waals surface area contributed by atoms with Crippen molar-refractivity contribution in [2.75, 3.05) is 33.7 Å². The van der Waals surface area contributed by atoms with Crippen molar-refractivity contribution in [1.29, 1.82) is 0 Å². The number of fused-ring (bicyclic) bond motifs is 3. The van der Waals surface area contributed by atoms with Crippen molar-refractivity contribution in [3.63, 3.8) is 0 Å². The first-order chi connectivity index (χ1) is 14.5. The minimum absolute atomic E-state index is 0.0959. The van der Waals surface area contributed by atoms with E-state index in [-0.39, 0.29) is 11.5 Å². The average molecular weight is 402 g/mol. The van der Waals surface area contributed by atoms with Crippen molar-refractivity contribution < 1.29 is 4.79 Å². The van der Waals surface area contributed by atoms with Crippen LogP contribution in [0.1, 0.15) is 23.7 Å². The second-order valence-corrected chi connectivity index (χ2v) is 7.79. The number of nitrogens with zero attached hydrogens (tertiary/aromatic N) is 4. The van der Waals surface area contributed by atoms with Crippen molar-refractivity contribution in [3.05, 3.63) is 70.6 Å². The second kappa shape index (κ2) is 8.24. The molecule has 0 unspecified atom stereocenters. The van der Waals surface area contributed by atoms with Crippen molar-refractivity contribution in [1.82, 2.24) is 19.2 Å². The van der Waals surface area contributed by atoms with Crippen molar-refractivity contribution >= 4 is 33.2 Å². The molecule has 0 saturated carbocycles. The minimum Gasteiger partial charge on any atom is -0.339 e. The van der Waals surface area contributed by atoms with Gasteiger partial charge in [0.1, 0.15) is 0 Å². The fourth-order valence-corrected chi connectivity index (χ4v) is 3.83. The maximum absolute atomic E-state index is 13.3. The first kappa shape index (κ1) is 20.0. The molecule has 4 aromatic rings. The summed E-state index contributed by atoms with van der Waals surface area (Å²) in [4.78, 5) is 35.1. The van der Waals surface area contributed by atoms with E-state index in [2.05, 4.69) is 4.90 Å². The van der Waals surface area contributed by atoms with Gasteiger partial charge in [-0.05, 0) is 69.0 Å². The summed E-state index contributed by atoms with van der Waals surface area (Å²) in [7, 11) is 4.04. The van der Waals surface area contributed by atoms with E-state index in [1.54, 1.807) is 18.3 Å². The van der Waals surface area contributed by atoms with Crippen LogP contribution >= 0.6 is 0 Å². The maximum atomic E-state index is 13.3. The van der Waals surface area contributed by atoms with Gasteiger partial charge in [-0.15, -0.1) is 0 Å². The maximum Gasteiger partial charge on any atom is 0.265 e. The molecule has 2 heterocycles. The number of aromatic nitrogens is 2. The summed E-state index contributed by atoms with van der Waals surface area (Å²) in [5, 5.41) is 2.56. The monoisotopic (exact) mass is 402 g/mol. The Morgan fingerprint density at radius 3 is 2.47 bits per heavy atom. The molecule has 6 nitrogen and oxygen atoms in total. The van der Waals surface area contributed by atoms with Crippen LogP contribution in [-0.2, 0) is 0 Å². The highest BCUT2D eigenvalue weighted by Gasteiger charge is 2.19. The van der Waals surface area contributed by atoms with Crippen LogP contribution in [0, 0.1) is 0 Å². The summed E-state index contributed by atoms with van der Waals surface area (Å²) in [6.45, 7) is 4.15. The van der Waals surface area contributed by atoms with Crippen LogP contribution in [0.15, 0.2) is 59.5 Å². The Labute approximate surface area is 175 Å². The smallest absolute Gasteiger partial charge is 0.265 e. The first-order valence-electron chi connectivity index (χ1n) is 10.3. The fraction of sp³-hybridized carbons (Fsp3) is 0.292. The van der Waals surface area contributed by atoms with E-state index in [0.29, 0.717) is 35.2 Å². The van der Waals surface area contributed by atoms with Crippen LogP contribution < -0.4 is 5.56 Å². The van der Waals surface area contributed by atoms with Crippen LogP contribution in [0.2, 0.25) is 0 Å². The predicted octanol–water partition coefficient (Wildman–Crippen LogP) is 3.41. The van der Waals surface area contributed by atoms with Crippen LogP contribution in [0.5, 0.6) is 0 Å². The predicted molar refractivity (Wildman–Crippen MR) is 121 cm³/mol. The molecule has 6 heteroatoms. The molecular weight excluding hydrogens is 376 g/mol. The third kappa shape index (κ3) is 3.66. The van der Waals surface area contributed by atoms with E-state index in [1.807, 2.05) is 62.3 Å². The highest BCUT2D eigenvalue weighted by atomic mass is 16.2. The molecule has 0 atom stereocenters. The third-order valence-corrected chi connectivity index (χ3v) is 5.44. The molecule has 0 spiro atoms. The number of amides is 1. The Kier molecular flexibility index (Phi) is 5.50. The molecule has 0 radical (unpaired) electrons. The summed E-state index contributed by atoms with van der Waals surface area (Å²) in [5.74, 6) is -0.0959. The molecule has 0 saturated heterocycles. The van der Waals surface area contributed by atoms with Gasteiger partial charge in [0.05, 0.1) is 16.5 Å². The Morgan fingerprint density at radius 1 is 1.03 bits per heavy atom. The van der Waals surface area contributed by atoms with Gasteiger partial charge in [-0.1, -0.05) is 24.3 Å². The molecule has 0 N–H and O–H groups in total. The first-order valence-corrected chi connectivity index (χ1v) is 10.3. The molecule has 0 aliphatic carbocycles. The molecule has 0 bridgehead atoms. The van der Waals surface area contributed by atoms with Gasteiger partial charge in [0, 0.05) is 19.3 Å². The standard InChI is InChI=1S/C24H26N4O2/c1-4-27(13-8-12-26(2)3)23(29)19-11-7-14-28-22(19)25-21-16-18-10-6-5-9-17(18)15-20(21)24(28)30/h5-7,9-11,14-16H,4,8,12-13H2,1-3H3. The van der Waals surface area contributed by atoms with Crippen LogP contribution in [0.3, 0.4) is 0 Å². The normalized spacial score (nSPS) is 11.6. The summed E-state index contributed by atoms with van der Waals surface area (Å²) in [6, 6.07) is 15.2. The lowest BCUT2D eigenvalue weighted by Crippen LogP contribution is -2.34. The van der Waals surface area contributed by atoms with Crippen molar-refractivity contribution in [2.45, 2.75) is 13.3 Å². The Morgan fingerprint density at radius 2 is 1.77 bits per heavy atom. The van der Waals surface area contributed by atoms with E-state index in [9.17, 15) is 9.59 Å². The zero-order chi connectivity index (χ0) is 21.3. The van der Waals surface area contributed by atoms with Crippen molar-refractivity contribution in [3.8, 4) is 0 Å². The Balaban J connectivity index is 1.83. The fourth-order valence-electron chi connectivity index (χ4n) is 3.83. The molecule has 1 amide bonds. The molecule has 30 heavy (non-hydrogen) atoms. The molecule has 154 valence electrons. The molecule has 0 fully saturated rings. The quantitative estimate of drug-likeness (QED) is 0.464. The zero-order valence-electron chi connectivity index (χ0n) is 17.6. The molecule has 4 rings (SSSR count).